The van der Waals surface area contributed by atoms with Crippen LogP contribution in [0.3, 0.4) is 0 Å². The number of esters is 1. The lowest BCUT2D eigenvalue weighted by atomic mass is 10.2. The van der Waals surface area contributed by atoms with E-state index in [9.17, 15) is 14.0 Å². The molecule has 0 aliphatic heterocycles. The third-order valence-electron chi connectivity index (χ3n) is 4.47. The van der Waals surface area contributed by atoms with Crippen molar-refractivity contribution in [2.45, 2.75) is 13.2 Å². The number of halogens is 1. The van der Waals surface area contributed by atoms with Crippen LogP contribution in [0.1, 0.15) is 5.56 Å². The highest BCUT2D eigenvalue weighted by Crippen LogP contribution is 2.31. The van der Waals surface area contributed by atoms with E-state index in [1.807, 2.05) is 30.3 Å². The second-order valence-electron chi connectivity index (χ2n) is 6.52. The van der Waals surface area contributed by atoms with E-state index < -0.39 is 11.8 Å². The monoisotopic (exact) mass is 424 g/mol. The molecule has 0 aliphatic rings. The van der Waals surface area contributed by atoms with Gasteiger partial charge in [0.15, 0.2) is 0 Å². The summed E-state index contributed by atoms with van der Waals surface area (Å²) in [5.41, 5.74) is 1.73. The van der Waals surface area contributed by atoms with Crippen molar-refractivity contribution < 1.29 is 18.7 Å². The van der Waals surface area contributed by atoms with Gasteiger partial charge < -0.3 is 9.47 Å². The first-order valence-electron chi connectivity index (χ1n) is 9.07. The number of carbonyl (C=O) groups excluding carboxylic acids is 1. The normalized spacial score (nSPS) is 10.9. The van der Waals surface area contributed by atoms with E-state index in [-0.39, 0.29) is 18.7 Å². The van der Waals surface area contributed by atoms with Crippen LogP contribution in [0.5, 0.6) is 5.75 Å². The van der Waals surface area contributed by atoms with Gasteiger partial charge in [0.2, 0.25) is 0 Å². The topological polar surface area (TPSA) is 70.4 Å². The molecule has 0 fully saturated rings. The zero-order valence-electron chi connectivity index (χ0n) is 16.0. The minimum Gasteiger partial charge on any atom is -0.497 e. The lowest BCUT2D eigenvalue weighted by Gasteiger charge is -2.07. The van der Waals surface area contributed by atoms with E-state index in [0.29, 0.717) is 15.8 Å². The maximum Gasteiger partial charge on any atom is 0.326 e. The lowest BCUT2D eigenvalue weighted by Crippen LogP contribution is -2.25. The number of carbonyl (C=O) groups is 1. The average molecular weight is 424 g/mol. The number of nitrogens with zero attached hydrogens (tertiary/aromatic N) is 2. The molecule has 2 aromatic carbocycles. The van der Waals surface area contributed by atoms with Gasteiger partial charge in [0.05, 0.1) is 19.0 Å². The Hall–Kier alpha value is -3.52. The van der Waals surface area contributed by atoms with Gasteiger partial charge in [0, 0.05) is 4.88 Å². The first kappa shape index (κ1) is 19.8. The third-order valence-corrected chi connectivity index (χ3v) is 5.63. The zero-order chi connectivity index (χ0) is 21.1. The summed E-state index contributed by atoms with van der Waals surface area (Å²) in [6, 6.07) is 15.2. The first-order valence-corrected chi connectivity index (χ1v) is 9.88. The van der Waals surface area contributed by atoms with Gasteiger partial charge in [0.1, 0.15) is 29.4 Å². The SMILES string of the molecule is COc1ccc(-c2cc3ncn(CC(=O)OCc4cccc(F)c4)c(=O)c3s2)cc1. The predicted octanol–water partition coefficient (Wildman–Crippen LogP) is 4.02. The number of fused-ring (bicyclic) bond motifs is 1. The van der Waals surface area contributed by atoms with Crippen molar-refractivity contribution in [3.05, 3.63) is 82.7 Å². The quantitative estimate of drug-likeness (QED) is 0.437. The molecule has 30 heavy (non-hydrogen) atoms. The van der Waals surface area contributed by atoms with Gasteiger partial charge >= 0.3 is 5.97 Å². The summed E-state index contributed by atoms with van der Waals surface area (Å²) in [5, 5.41) is 0. The molecule has 0 atom stereocenters. The molecule has 0 saturated carbocycles. The Bertz CT molecular complexity index is 1260. The molecule has 8 heteroatoms. The number of rotatable bonds is 6. The summed E-state index contributed by atoms with van der Waals surface area (Å²) in [6.45, 7) is -0.339. The van der Waals surface area contributed by atoms with Crippen molar-refractivity contribution in [2.24, 2.45) is 0 Å². The maximum absolute atomic E-state index is 13.2. The number of benzene rings is 2. The molecule has 0 spiro atoms. The van der Waals surface area contributed by atoms with Crippen LogP contribution in [-0.2, 0) is 22.7 Å². The second-order valence-corrected chi connectivity index (χ2v) is 7.57. The molecular weight excluding hydrogens is 407 g/mol. The van der Waals surface area contributed by atoms with Crippen LogP contribution in [0, 0.1) is 5.82 Å². The molecule has 4 rings (SSSR count). The lowest BCUT2D eigenvalue weighted by molar-refractivity contribution is -0.145. The molecule has 0 N–H and O–H groups in total. The largest absolute Gasteiger partial charge is 0.497 e. The van der Waals surface area contributed by atoms with Crippen LogP contribution in [0.2, 0.25) is 0 Å². The van der Waals surface area contributed by atoms with Crippen LogP contribution in [0.4, 0.5) is 4.39 Å². The first-order chi connectivity index (χ1) is 14.5. The Balaban J connectivity index is 1.51. The summed E-state index contributed by atoms with van der Waals surface area (Å²) in [4.78, 5) is 30.1. The molecular formula is C22H17FN2O4S. The van der Waals surface area contributed by atoms with Crippen LogP contribution >= 0.6 is 11.3 Å². The van der Waals surface area contributed by atoms with Gasteiger partial charge in [-0.2, -0.15) is 0 Å². The van der Waals surface area contributed by atoms with Crippen molar-refractivity contribution in [3.8, 4) is 16.2 Å². The summed E-state index contributed by atoms with van der Waals surface area (Å²) in [7, 11) is 1.60. The molecule has 4 aromatic rings. The van der Waals surface area contributed by atoms with E-state index >= 15 is 0 Å². The van der Waals surface area contributed by atoms with Crippen molar-refractivity contribution in [1.29, 1.82) is 0 Å². The van der Waals surface area contributed by atoms with Crippen LogP contribution in [-0.4, -0.2) is 22.6 Å². The van der Waals surface area contributed by atoms with E-state index in [2.05, 4.69) is 4.98 Å². The zero-order valence-corrected chi connectivity index (χ0v) is 16.8. The fourth-order valence-corrected chi connectivity index (χ4v) is 4.00. The third kappa shape index (κ3) is 4.23. The fourth-order valence-electron chi connectivity index (χ4n) is 2.93. The van der Waals surface area contributed by atoms with Crippen molar-refractivity contribution in [3.63, 3.8) is 0 Å². The Labute approximate surface area is 175 Å². The van der Waals surface area contributed by atoms with Crippen LogP contribution in [0.25, 0.3) is 20.7 Å². The number of thiophene rings is 1. The van der Waals surface area contributed by atoms with Crippen LogP contribution < -0.4 is 10.3 Å². The van der Waals surface area contributed by atoms with E-state index in [1.165, 1.54) is 40.4 Å². The van der Waals surface area contributed by atoms with Gasteiger partial charge in [0.25, 0.3) is 5.56 Å². The Morgan fingerprint density at radius 1 is 1.17 bits per heavy atom. The van der Waals surface area contributed by atoms with Gasteiger partial charge in [-0.1, -0.05) is 12.1 Å². The highest BCUT2D eigenvalue weighted by atomic mass is 32.1. The Kier molecular flexibility index (Phi) is 5.58. The van der Waals surface area contributed by atoms with Crippen molar-refractivity contribution in [2.75, 3.05) is 7.11 Å². The average Bonchev–Trinajstić information content (AvgIpc) is 3.20. The molecule has 0 amide bonds. The highest BCUT2D eigenvalue weighted by molar-refractivity contribution is 7.22. The predicted molar refractivity (Wildman–Crippen MR) is 112 cm³/mol. The number of aromatic nitrogens is 2. The van der Waals surface area contributed by atoms with Gasteiger partial charge in [-0.15, -0.1) is 11.3 Å². The highest BCUT2D eigenvalue weighted by Gasteiger charge is 2.13. The minimum atomic E-state index is -0.602. The molecule has 152 valence electrons. The molecule has 2 aromatic heterocycles. The molecule has 2 heterocycles. The number of ether oxygens (including phenoxy) is 2. The second kappa shape index (κ2) is 8.46. The minimum absolute atomic E-state index is 0.0678. The van der Waals surface area contributed by atoms with Crippen molar-refractivity contribution in [1.82, 2.24) is 9.55 Å². The standard InChI is InChI=1S/C22H17FN2O4S/c1-28-17-7-5-15(6-8-17)19-10-18-21(30-19)22(27)25(13-24-18)11-20(26)29-12-14-3-2-4-16(23)9-14/h2-10,13H,11-12H2,1H3. The molecule has 0 radical (unpaired) electrons. The molecule has 6 nitrogen and oxygen atoms in total. The van der Waals surface area contributed by atoms with E-state index in [0.717, 1.165) is 16.2 Å². The summed E-state index contributed by atoms with van der Waals surface area (Å²) < 4.78 is 25.2. The summed E-state index contributed by atoms with van der Waals surface area (Å²) >= 11 is 1.31. The number of methoxy groups -OCH3 is 1. The Morgan fingerprint density at radius 2 is 1.97 bits per heavy atom. The molecule has 0 aliphatic carbocycles. The van der Waals surface area contributed by atoms with Gasteiger partial charge in [-0.3, -0.25) is 14.2 Å². The summed E-state index contributed by atoms with van der Waals surface area (Å²) in [5.74, 6) is -0.258. The van der Waals surface area contributed by atoms with E-state index in [1.54, 1.807) is 13.2 Å². The number of hydrogen-bond donors (Lipinski definition) is 0. The number of hydrogen-bond acceptors (Lipinski definition) is 6. The fraction of sp³-hybridized carbons (Fsp3) is 0.136. The van der Waals surface area contributed by atoms with E-state index in [4.69, 9.17) is 9.47 Å². The van der Waals surface area contributed by atoms with Gasteiger partial charge in [-0.05, 0) is 53.6 Å². The molecule has 0 bridgehead atoms. The Morgan fingerprint density at radius 3 is 2.70 bits per heavy atom. The molecule has 0 saturated heterocycles. The van der Waals surface area contributed by atoms with Crippen LogP contribution in [0.15, 0.2) is 65.7 Å². The van der Waals surface area contributed by atoms with Crippen molar-refractivity contribution >= 4 is 27.5 Å². The summed E-state index contributed by atoms with van der Waals surface area (Å²) in [6.07, 6.45) is 1.33. The maximum atomic E-state index is 13.2. The molecule has 0 unspecified atom stereocenters. The van der Waals surface area contributed by atoms with Gasteiger partial charge in [-0.25, -0.2) is 9.37 Å². The smallest absolute Gasteiger partial charge is 0.326 e.